The van der Waals surface area contributed by atoms with Crippen LogP contribution in [0.5, 0.6) is 5.75 Å². The van der Waals surface area contributed by atoms with Crippen molar-refractivity contribution in [2.24, 2.45) is 0 Å². The minimum absolute atomic E-state index is 0.822. The van der Waals surface area contributed by atoms with Crippen molar-refractivity contribution < 1.29 is 4.74 Å². The van der Waals surface area contributed by atoms with E-state index in [9.17, 15) is 0 Å². The number of halogens is 1. The fraction of sp³-hybridized carbons (Fsp3) is 0.0667. The van der Waals surface area contributed by atoms with E-state index in [1.807, 2.05) is 48.5 Å². The summed E-state index contributed by atoms with van der Waals surface area (Å²) in [5.41, 5.74) is 3.73. The van der Waals surface area contributed by atoms with Crippen LogP contribution in [0, 0.1) is 0 Å². The second kappa shape index (κ2) is 5.46. The number of nitrogens with one attached hydrogen (secondary N) is 1. The standard InChI is InChI=1S/C15H12BrN3O/c1-20-11-8-6-10(7-9-11)14-15(18-19-17-14)12-4-2-3-5-13(12)16/h2-9H,1H3,(H,17,18,19). The van der Waals surface area contributed by atoms with Crippen molar-refractivity contribution in [3.63, 3.8) is 0 Å². The lowest BCUT2D eigenvalue weighted by molar-refractivity contribution is 0.415. The molecule has 0 saturated heterocycles. The molecule has 4 nitrogen and oxygen atoms in total. The number of rotatable bonds is 3. The molecule has 0 saturated carbocycles. The highest BCUT2D eigenvalue weighted by Crippen LogP contribution is 2.33. The third-order valence-corrected chi connectivity index (χ3v) is 3.75. The van der Waals surface area contributed by atoms with Crippen LogP contribution in [0.2, 0.25) is 0 Å². The molecule has 5 heteroatoms. The van der Waals surface area contributed by atoms with Gasteiger partial charge < -0.3 is 4.74 Å². The summed E-state index contributed by atoms with van der Waals surface area (Å²) in [6.45, 7) is 0. The first-order chi connectivity index (χ1) is 9.79. The van der Waals surface area contributed by atoms with Crippen LogP contribution in [-0.4, -0.2) is 22.5 Å². The van der Waals surface area contributed by atoms with Crippen LogP contribution in [0.3, 0.4) is 0 Å². The number of methoxy groups -OCH3 is 1. The van der Waals surface area contributed by atoms with E-state index >= 15 is 0 Å². The molecule has 0 amide bonds. The van der Waals surface area contributed by atoms with Crippen LogP contribution >= 0.6 is 15.9 Å². The molecular formula is C15H12BrN3O. The van der Waals surface area contributed by atoms with Gasteiger partial charge in [-0.2, -0.15) is 0 Å². The summed E-state index contributed by atoms with van der Waals surface area (Å²) < 4.78 is 6.16. The zero-order chi connectivity index (χ0) is 13.9. The lowest BCUT2D eigenvalue weighted by Gasteiger charge is -2.05. The number of hydrogen-bond donors (Lipinski definition) is 1. The van der Waals surface area contributed by atoms with Crippen LogP contribution in [0.4, 0.5) is 0 Å². The number of aromatic amines is 1. The van der Waals surface area contributed by atoms with Gasteiger partial charge in [0.05, 0.1) is 12.8 Å². The maximum Gasteiger partial charge on any atom is 0.121 e. The molecular weight excluding hydrogens is 318 g/mol. The van der Waals surface area contributed by atoms with Crippen molar-refractivity contribution in [1.29, 1.82) is 0 Å². The summed E-state index contributed by atoms with van der Waals surface area (Å²) in [6, 6.07) is 15.7. The Balaban J connectivity index is 2.08. The molecule has 100 valence electrons. The quantitative estimate of drug-likeness (QED) is 0.792. The highest BCUT2D eigenvalue weighted by atomic mass is 79.9. The molecule has 0 aliphatic heterocycles. The Hall–Kier alpha value is -2.14. The predicted octanol–water partition coefficient (Wildman–Crippen LogP) is 3.91. The van der Waals surface area contributed by atoms with E-state index in [4.69, 9.17) is 4.74 Å². The first-order valence-corrected chi connectivity index (χ1v) is 6.89. The van der Waals surface area contributed by atoms with Gasteiger partial charge in [0, 0.05) is 15.6 Å². The smallest absolute Gasteiger partial charge is 0.121 e. The Morgan fingerprint density at radius 3 is 2.50 bits per heavy atom. The average Bonchev–Trinajstić information content (AvgIpc) is 2.97. The molecule has 0 bridgehead atoms. The van der Waals surface area contributed by atoms with Crippen molar-refractivity contribution in [2.75, 3.05) is 7.11 Å². The Bertz CT molecular complexity index is 722. The molecule has 3 rings (SSSR count). The zero-order valence-electron chi connectivity index (χ0n) is 10.8. The van der Waals surface area contributed by atoms with Crippen LogP contribution in [0.15, 0.2) is 53.0 Å². The van der Waals surface area contributed by atoms with Crippen LogP contribution < -0.4 is 4.74 Å². The van der Waals surface area contributed by atoms with Gasteiger partial charge in [-0.3, -0.25) is 5.10 Å². The van der Waals surface area contributed by atoms with Gasteiger partial charge in [-0.15, -0.1) is 5.10 Å². The zero-order valence-corrected chi connectivity index (χ0v) is 12.4. The van der Waals surface area contributed by atoms with Crippen LogP contribution in [0.1, 0.15) is 0 Å². The minimum atomic E-state index is 0.822. The predicted molar refractivity (Wildman–Crippen MR) is 81.5 cm³/mol. The lowest BCUT2D eigenvalue weighted by atomic mass is 10.1. The lowest BCUT2D eigenvalue weighted by Crippen LogP contribution is -1.86. The molecule has 0 aliphatic carbocycles. The van der Waals surface area contributed by atoms with E-state index < -0.39 is 0 Å². The fourth-order valence-electron chi connectivity index (χ4n) is 2.03. The number of aromatic nitrogens is 3. The molecule has 3 aromatic rings. The number of benzene rings is 2. The summed E-state index contributed by atoms with van der Waals surface area (Å²) in [5.74, 6) is 0.823. The average molecular weight is 330 g/mol. The van der Waals surface area contributed by atoms with Gasteiger partial charge >= 0.3 is 0 Å². The van der Waals surface area contributed by atoms with Gasteiger partial charge in [-0.05, 0) is 30.3 Å². The molecule has 0 atom stereocenters. The number of hydrogen-bond acceptors (Lipinski definition) is 3. The Morgan fingerprint density at radius 2 is 1.80 bits per heavy atom. The van der Waals surface area contributed by atoms with Crippen molar-refractivity contribution >= 4 is 15.9 Å². The molecule has 0 spiro atoms. The molecule has 2 aromatic carbocycles. The van der Waals surface area contributed by atoms with E-state index in [1.165, 1.54) is 0 Å². The van der Waals surface area contributed by atoms with E-state index in [0.717, 1.165) is 32.7 Å². The monoisotopic (exact) mass is 329 g/mol. The third-order valence-electron chi connectivity index (χ3n) is 3.06. The fourth-order valence-corrected chi connectivity index (χ4v) is 2.50. The second-order valence-corrected chi connectivity index (χ2v) is 5.10. The maximum absolute atomic E-state index is 5.17. The van der Waals surface area contributed by atoms with Gasteiger partial charge in [0.15, 0.2) is 0 Å². The van der Waals surface area contributed by atoms with E-state index in [-0.39, 0.29) is 0 Å². The minimum Gasteiger partial charge on any atom is -0.497 e. The van der Waals surface area contributed by atoms with Crippen LogP contribution in [-0.2, 0) is 0 Å². The molecule has 0 radical (unpaired) electrons. The first kappa shape index (κ1) is 12.9. The second-order valence-electron chi connectivity index (χ2n) is 4.24. The summed E-state index contributed by atoms with van der Waals surface area (Å²) >= 11 is 3.55. The van der Waals surface area contributed by atoms with E-state index in [1.54, 1.807) is 7.11 Å². The normalized spacial score (nSPS) is 10.5. The van der Waals surface area contributed by atoms with Gasteiger partial charge in [-0.1, -0.05) is 39.3 Å². The number of H-pyrrole nitrogens is 1. The van der Waals surface area contributed by atoms with Crippen molar-refractivity contribution in [2.45, 2.75) is 0 Å². The molecule has 20 heavy (non-hydrogen) atoms. The van der Waals surface area contributed by atoms with Crippen molar-refractivity contribution in [1.82, 2.24) is 15.4 Å². The SMILES string of the molecule is COc1ccc(-c2[nH]nnc2-c2ccccc2Br)cc1. The number of ether oxygens (including phenoxy) is 1. The van der Waals surface area contributed by atoms with E-state index in [2.05, 4.69) is 31.3 Å². The Morgan fingerprint density at radius 1 is 1.05 bits per heavy atom. The van der Waals surface area contributed by atoms with Gasteiger partial charge in [-0.25, -0.2) is 0 Å². The number of nitrogens with zero attached hydrogens (tertiary/aromatic N) is 2. The van der Waals surface area contributed by atoms with Crippen molar-refractivity contribution in [3.05, 3.63) is 53.0 Å². The molecule has 0 aliphatic rings. The topological polar surface area (TPSA) is 50.8 Å². The Labute approximate surface area is 124 Å². The van der Waals surface area contributed by atoms with Gasteiger partial charge in [0.25, 0.3) is 0 Å². The van der Waals surface area contributed by atoms with E-state index in [0.29, 0.717) is 0 Å². The molecule has 0 unspecified atom stereocenters. The Kier molecular flexibility index (Phi) is 3.52. The summed E-state index contributed by atoms with van der Waals surface area (Å²) in [6.07, 6.45) is 0. The highest BCUT2D eigenvalue weighted by Gasteiger charge is 2.13. The van der Waals surface area contributed by atoms with Gasteiger partial charge in [0.2, 0.25) is 0 Å². The molecule has 0 fully saturated rings. The van der Waals surface area contributed by atoms with Gasteiger partial charge in [0.1, 0.15) is 11.4 Å². The van der Waals surface area contributed by atoms with Crippen molar-refractivity contribution in [3.8, 4) is 28.3 Å². The largest absolute Gasteiger partial charge is 0.497 e. The summed E-state index contributed by atoms with van der Waals surface area (Å²) in [5, 5.41) is 11.1. The molecule has 1 N–H and O–H groups in total. The van der Waals surface area contributed by atoms with Crippen LogP contribution in [0.25, 0.3) is 22.5 Å². The third kappa shape index (κ3) is 2.32. The molecule has 1 heterocycles. The highest BCUT2D eigenvalue weighted by molar-refractivity contribution is 9.10. The maximum atomic E-state index is 5.17. The first-order valence-electron chi connectivity index (χ1n) is 6.10. The summed E-state index contributed by atoms with van der Waals surface area (Å²) in [7, 11) is 1.65. The molecule has 1 aromatic heterocycles. The summed E-state index contributed by atoms with van der Waals surface area (Å²) in [4.78, 5) is 0.